The molecule has 0 unspecified atom stereocenters. The molecule has 0 saturated heterocycles. The molecule has 0 radical (unpaired) electrons. The second kappa shape index (κ2) is 12.5. The SMILES string of the molecule is Cc1cc(C)cc(-c2ccc(-c3c4ccccc4c(-c4ccc(-c5ccc6c(c5)c5ccccc5n6-c5ccccc5)cc4)c4ccccc34)cc2)c1. The fraction of sp³-hybridized carbons (Fsp3) is 0.0385. The van der Waals surface area contributed by atoms with Crippen molar-refractivity contribution in [2.45, 2.75) is 13.8 Å². The monoisotopic (exact) mass is 675 g/mol. The Kier molecular flexibility index (Phi) is 7.33. The lowest BCUT2D eigenvalue weighted by Gasteiger charge is -2.18. The lowest BCUT2D eigenvalue weighted by Crippen LogP contribution is -1.92. The van der Waals surface area contributed by atoms with Crippen LogP contribution < -0.4 is 0 Å². The molecular weight excluding hydrogens is 639 g/mol. The molecule has 0 atom stereocenters. The van der Waals surface area contributed by atoms with E-state index in [0.717, 1.165) is 0 Å². The highest BCUT2D eigenvalue weighted by atomic mass is 15.0. The molecule has 1 heteroatoms. The van der Waals surface area contributed by atoms with Gasteiger partial charge in [-0.15, -0.1) is 0 Å². The van der Waals surface area contributed by atoms with E-state index >= 15 is 0 Å². The first-order valence-electron chi connectivity index (χ1n) is 18.4. The maximum Gasteiger partial charge on any atom is 0.0541 e. The second-order valence-electron chi connectivity index (χ2n) is 14.3. The number of aromatic nitrogens is 1. The maximum absolute atomic E-state index is 2.37. The number of hydrogen-bond donors (Lipinski definition) is 0. The lowest BCUT2D eigenvalue weighted by molar-refractivity contribution is 1.18. The molecule has 1 heterocycles. The van der Waals surface area contributed by atoms with Crippen molar-refractivity contribution >= 4 is 43.4 Å². The quantitative estimate of drug-likeness (QED) is 0.160. The molecule has 53 heavy (non-hydrogen) atoms. The third-order valence-electron chi connectivity index (χ3n) is 10.9. The van der Waals surface area contributed by atoms with Crippen molar-refractivity contribution in [3.63, 3.8) is 0 Å². The molecular formula is C52H37N. The summed E-state index contributed by atoms with van der Waals surface area (Å²) in [7, 11) is 0. The molecule has 10 rings (SSSR count). The summed E-state index contributed by atoms with van der Waals surface area (Å²) in [5.41, 5.74) is 16.1. The molecule has 0 bridgehead atoms. The summed E-state index contributed by atoms with van der Waals surface area (Å²) in [6.45, 7) is 4.34. The van der Waals surface area contributed by atoms with Gasteiger partial charge in [-0.3, -0.25) is 0 Å². The summed E-state index contributed by atoms with van der Waals surface area (Å²) < 4.78 is 2.37. The van der Waals surface area contributed by atoms with Crippen LogP contribution in [-0.4, -0.2) is 4.57 Å². The molecule has 0 amide bonds. The molecule has 0 aliphatic heterocycles. The fourth-order valence-electron chi connectivity index (χ4n) is 8.56. The molecule has 9 aromatic carbocycles. The van der Waals surface area contributed by atoms with Gasteiger partial charge in [0.05, 0.1) is 11.0 Å². The number of fused-ring (bicyclic) bond motifs is 5. The van der Waals surface area contributed by atoms with Gasteiger partial charge in [-0.25, -0.2) is 0 Å². The van der Waals surface area contributed by atoms with Gasteiger partial charge in [0.2, 0.25) is 0 Å². The number of para-hydroxylation sites is 2. The Labute approximate surface area is 310 Å². The zero-order valence-corrected chi connectivity index (χ0v) is 29.8. The van der Waals surface area contributed by atoms with Crippen molar-refractivity contribution in [1.29, 1.82) is 0 Å². The van der Waals surface area contributed by atoms with E-state index in [4.69, 9.17) is 0 Å². The van der Waals surface area contributed by atoms with Crippen molar-refractivity contribution in [1.82, 2.24) is 4.57 Å². The summed E-state index contributed by atoms with van der Waals surface area (Å²) in [5, 5.41) is 7.60. The van der Waals surface area contributed by atoms with Crippen LogP contribution in [0.15, 0.2) is 188 Å². The van der Waals surface area contributed by atoms with Gasteiger partial charge in [-0.1, -0.05) is 169 Å². The van der Waals surface area contributed by atoms with Gasteiger partial charge in [-0.05, 0) is 110 Å². The highest BCUT2D eigenvalue weighted by Gasteiger charge is 2.18. The topological polar surface area (TPSA) is 4.93 Å². The van der Waals surface area contributed by atoms with E-state index in [1.807, 2.05) is 0 Å². The zero-order chi connectivity index (χ0) is 35.5. The summed E-state index contributed by atoms with van der Waals surface area (Å²) in [4.78, 5) is 0. The van der Waals surface area contributed by atoms with Crippen LogP contribution >= 0.6 is 0 Å². The first-order chi connectivity index (χ1) is 26.1. The fourth-order valence-corrected chi connectivity index (χ4v) is 8.56. The van der Waals surface area contributed by atoms with E-state index in [1.165, 1.54) is 105 Å². The highest BCUT2D eigenvalue weighted by Crippen LogP contribution is 2.44. The molecule has 0 fully saturated rings. The van der Waals surface area contributed by atoms with Crippen LogP contribution in [0.2, 0.25) is 0 Å². The van der Waals surface area contributed by atoms with Crippen molar-refractivity contribution in [3.05, 3.63) is 199 Å². The van der Waals surface area contributed by atoms with Crippen LogP contribution in [0.1, 0.15) is 11.1 Å². The number of rotatable bonds is 5. The Morgan fingerprint density at radius 2 is 0.698 bits per heavy atom. The average molecular weight is 676 g/mol. The van der Waals surface area contributed by atoms with Gasteiger partial charge in [0, 0.05) is 16.5 Å². The maximum atomic E-state index is 2.37. The van der Waals surface area contributed by atoms with E-state index < -0.39 is 0 Å². The zero-order valence-electron chi connectivity index (χ0n) is 29.8. The molecule has 0 aliphatic rings. The van der Waals surface area contributed by atoms with Crippen LogP contribution in [0.4, 0.5) is 0 Å². The summed E-state index contributed by atoms with van der Waals surface area (Å²) in [6.07, 6.45) is 0. The lowest BCUT2D eigenvalue weighted by atomic mass is 9.85. The third kappa shape index (κ3) is 5.24. The first kappa shape index (κ1) is 31.1. The molecule has 1 aromatic heterocycles. The van der Waals surface area contributed by atoms with E-state index in [-0.39, 0.29) is 0 Å². The number of aryl methyl sites for hydroxylation is 2. The van der Waals surface area contributed by atoms with E-state index in [0.29, 0.717) is 0 Å². The Morgan fingerprint density at radius 1 is 0.283 bits per heavy atom. The van der Waals surface area contributed by atoms with Gasteiger partial charge in [-0.2, -0.15) is 0 Å². The minimum absolute atomic E-state index is 1.18. The van der Waals surface area contributed by atoms with Crippen molar-refractivity contribution < 1.29 is 0 Å². The first-order valence-corrected chi connectivity index (χ1v) is 18.4. The molecule has 250 valence electrons. The van der Waals surface area contributed by atoms with Crippen LogP contribution in [0.3, 0.4) is 0 Å². The van der Waals surface area contributed by atoms with Crippen molar-refractivity contribution in [2.24, 2.45) is 0 Å². The summed E-state index contributed by atoms with van der Waals surface area (Å²) >= 11 is 0. The largest absolute Gasteiger partial charge is 0.309 e. The van der Waals surface area contributed by atoms with Gasteiger partial charge < -0.3 is 4.57 Å². The van der Waals surface area contributed by atoms with Crippen LogP contribution in [-0.2, 0) is 0 Å². The number of nitrogens with zero attached hydrogens (tertiary/aromatic N) is 1. The van der Waals surface area contributed by atoms with Gasteiger partial charge >= 0.3 is 0 Å². The average Bonchev–Trinajstić information content (AvgIpc) is 3.54. The number of hydrogen-bond acceptors (Lipinski definition) is 0. The van der Waals surface area contributed by atoms with E-state index in [9.17, 15) is 0 Å². The van der Waals surface area contributed by atoms with Crippen molar-refractivity contribution in [3.8, 4) is 50.2 Å². The Hall–Kier alpha value is -6.70. The smallest absolute Gasteiger partial charge is 0.0541 e. The van der Waals surface area contributed by atoms with Gasteiger partial charge in [0.15, 0.2) is 0 Å². The predicted molar refractivity (Wildman–Crippen MR) is 227 cm³/mol. The van der Waals surface area contributed by atoms with E-state index in [1.54, 1.807) is 0 Å². The molecule has 1 nitrogen and oxygen atoms in total. The standard InChI is InChI=1S/C52H37N/c1-34-30-35(2)32-41(31-34)37-22-26-39(27-23-37)52-46-17-8-6-15-44(46)51(45-16-7-9-18-47(45)52)38-24-20-36(21-25-38)40-28-29-50-48(33-40)43-14-10-11-19-49(43)53(50)42-12-4-3-5-13-42/h3-33H,1-2H3. The van der Waals surface area contributed by atoms with Crippen LogP contribution in [0.25, 0.3) is 93.5 Å². The van der Waals surface area contributed by atoms with Gasteiger partial charge in [0.25, 0.3) is 0 Å². The molecule has 0 saturated carbocycles. The third-order valence-corrected chi connectivity index (χ3v) is 10.9. The highest BCUT2D eigenvalue weighted by molar-refractivity contribution is 6.21. The minimum Gasteiger partial charge on any atom is -0.309 e. The van der Waals surface area contributed by atoms with E-state index in [2.05, 4.69) is 206 Å². The second-order valence-corrected chi connectivity index (χ2v) is 14.3. The molecule has 0 N–H and O–H groups in total. The van der Waals surface area contributed by atoms with Crippen molar-refractivity contribution in [2.75, 3.05) is 0 Å². The predicted octanol–water partition coefficient (Wildman–Crippen LogP) is 14.4. The number of benzene rings is 9. The summed E-state index contributed by atoms with van der Waals surface area (Å²) in [6, 6.07) is 69.2. The van der Waals surface area contributed by atoms with Gasteiger partial charge in [0.1, 0.15) is 0 Å². The van der Waals surface area contributed by atoms with Crippen LogP contribution in [0.5, 0.6) is 0 Å². The minimum atomic E-state index is 1.18. The Balaban J connectivity index is 1.08. The molecule has 0 spiro atoms. The Morgan fingerprint density at radius 3 is 1.25 bits per heavy atom. The normalized spacial score (nSPS) is 11.6. The summed E-state index contributed by atoms with van der Waals surface area (Å²) in [5.74, 6) is 0. The Bertz CT molecular complexity index is 2900. The van der Waals surface area contributed by atoms with Crippen LogP contribution in [0, 0.1) is 13.8 Å². The molecule has 0 aliphatic carbocycles. The molecule has 10 aromatic rings.